The molecule has 20 heavy (non-hydrogen) atoms. The van der Waals surface area contributed by atoms with Crippen LogP contribution in [0.4, 0.5) is 0 Å². The molecule has 0 saturated carbocycles. The molecular formula is C14H16Cl2N2O2. The molecule has 2 aromatic rings. The molecule has 0 amide bonds. The second-order valence-corrected chi connectivity index (χ2v) is 5.54. The molecule has 1 aromatic heterocycles. The molecule has 0 aliphatic carbocycles. The van der Waals surface area contributed by atoms with Crippen LogP contribution in [-0.2, 0) is 0 Å². The first-order valence-electron chi connectivity index (χ1n) is 6.28. The van der Waals surface area contributed by atoms with E-state index < -0.39 is 6.10 Å². The zero-order chi connectivity index (χ0) is 14.7. The molecule has 0 bridgehead atoms. The summed E-state index contributed by atoms with van der Waals surface area (Å²) in [5, 5.41) is 15.4. The SMILES string of the molecule is CC(C)n1ncc(Cl)c1C(O)COc1cccc(Cl)c1. The lowest BCUT2D eigenvalue weighted by atomic mass is 10.2. The summed E-state index contributed by atoms with van der Waals surface area (Å²) in [5.41, 5.74) is 0.559. The van der Waals surface area contributed by atoms with E-state index in [0.29, 0.717) is 21.5 Å². The fourth-order valence-corrected chi connectivity index (χ4v) is 2.32. The summed E-state index contributed by atoms with van der Waals surface area (Å²) < 4.78 is 7.22. The molecule has 2 rings (SSSR count). The molecule has 0 radical (unpaired) electrons. The third kappa shape index (κ3) is 3.45. The summed E-state index contributed by atoms with van der Waals surface area (Å²) in [6, 6.07) is 7.12. The molecule has 4 nitrogen and oxygen atoms in total. The van der Waals surface area contributed by atoms with Gasteiger partial charge < -0.3 is 9.84 Å². The van der Waals surface area contributed by atoms with Gasteiger partial charge in [0.15, 0.2) is 0 Å². The molecule has 1 heterocycles. The number of nitrogens with zero attached hydrogens (tertiary/aromatic N) is 2. The average molecular weight is 315 g/mol. The van der Waals surface area contributed by atoms with Crippen LogP contribution in [0.15, 0.2) is 30.5 Å². The first-order chi connectivity index (χ1) is 9.49. The molecule has 108 valence electrons. The minimum Gasteiger partial charge on any atom is -0.490 e. The maximum atomic E-state index is 10.2. The lowest BCUT2D eigenvalue weighted by Gasteiger charge is -2.17. The smallest absolute Gasteiger partial charge is 0.131 e. The Bertz CT molecular complexity index is 584. The molecule has 0 fully saturated rings. The minimum atomic E-state index is -0.855. The van der Waals surface area contributed by atoms with Crippen LogP contribution in [0.2, 0.25) is 10.0 Å². The van der Waals surface area contributed by atoms with Crippen molar-refractivity contribution >= 4 is 23.2 Å². The maximum Gasteiger partial charge on any atom is 0.131 e. The third-order valence-electron chi connectivity index (χ3n) is 2.80. The number of halogens is 2. The van der Waals surface area contributed by atoms with Crippen molar-refractivity contribution in [3.05, 3.63) is 46.2 Å². The summed E-state index contributed by atoms with van der Waals surface area (Å²) in [5.74, 6) is 0.600. The number of aliphatic hydroxyl groups excluding tert-OH is 1. The topological polar surface area (TPSA) is 47.3 Å². The fourth-order valence-electron chi connectivity index (χ4n) is 1.88. The van der Waals surface area contributed by atoms with Gasteiger partial charge in [-0.05, 0) is 32.0 Å². The van der Waals surface area contributed by atoms with Crippen LogP contribution in [0.25, 0.3) is 0 Å². The van der Waals surface area contributed by atoms with Gasteiger partial charge in [0.05, 0.1) is 16.9 Å². The van der Waals surface area contributed by atoms with E-state index in [2.05, 4.69) is 5.10 Å². The largest absolute Gasteiger partial charge is 0.490 e. The van der Waals surface area contributed by atoms with Crippen LogP contribution in [-0.4, -0.2) is 21.5 Å². The normalized spacial score (nSPS) is 12.7. The molecule has 1 N–H and O–H groups in total. The Balaban J connectivity index is 2.09. The van der Waals surface area contributed by atoms with Crippen LogP contribution in [0.5, 0.6) is 5.75 Å². The van der Waals surface area contributed by atoms with Gasteiger partial charge in [-0.25, -0.2) is 0 Å². The van der Waals surface area contributed by atoms with Crippen LogP contribution in [0.3, 0.4) is 0 Å². The fraction of sp³-hybridized carbons (Fsp3) is 0.357. The lowest BCUT2D eigenvalue weighted by Crippen LogP contribution is -2.17. The van der Waals surface area contributed by atoms with Crippen LogP contribution in [0.1, 0.15) is 31.7 Å². The van der Waals surface area contributed by atoms with Gasteiger partial charge in [0, 0.05) is 11.1 Å². The maximum absolute atomic E-state index is 10.2. The van der Waals surface area contributed by atoms with E-state index in [1.807, 2.05) is 13.8 Å². The van der Waals surface area contributed by atoms with Gasteiger partial charge in [-0.2, -0.15) is 5.10 Å². The summed E-state index contributed by atoms with van der Waals surface area (Å²) in [6.07, 6.45) is 0.672. The highest BCUT2D eigenvalue weighted by molar-refractivity contribution is 6.31. The van der Waals surface area contributed by atoms with E-state index in [-0.39, 0.29) is 12.6 Å². The first kappa shape index (κ1) is 15.2. The Morgan fingerprint density at radius 3 is 2.75 bits per heavy atom. The zero-order valence-corrected chi connectivity index (χ0v) is 12.8. The number of aliphatic hydroxyl groups is 1. The summed E-state index contributed by atoms with van der Waals surface area (Å²) in [4.78, 5) is 0. The molecule has 1 aromatic carbocycles. The van der Waals surface area contributed by atoms with E-state index in [1.165, 1.54) is 6.20 Å². The average Bonchev–Trinajstić information content (AvgIpc) is 2.78. The molecular weight excluding hydrogens is 299 g/mol. The summed E-state index contributed by atoms with van der Waals surface area (Å²) >= 11 is 11.9. The second-order valence-electron chi connectivity index (χ2n) is 4.70. The van der Waals surface area contributed by atoms with Crippen molar-refractivity contribution in [2.75, 3.05) is 6.61 Å². The Morgan fingerprint density at radius 1 is 1.35 bits per heavy atom. The van der Waals surface area contributed by atoms with Crippen LogP contribution >= 0.6 is 23.2 Å². The third-order valence-corrected chi connectivity index (χ3v) is 3.32. The van der Waals surface area contributed by atoms with Crippen molar-refractivity contribution in [3.8, 4) is 5.75 Å². The summed E-state index contributed by atoms with van der Waals surface area (Å²) in [6.45, 7) is 4.02. The predicted molar refractivity (Wildman–Crippen MR) is 79.5 cm³/mol. The van der Waals surface area contributed by atoms with E-state index >= 15 is 0 Å². The molecule has 0 aliphatic heterocycles. The van der Waals surface area contributed by atoms with Gasteiger partial charge in [0.25, 0.3) is 0 Å². The highest BCUT2D eigenvalue weighted by atomic mass is 35.5. The van der Waals surface area contributed by atoms with E-state index in [9.17, 15) is 5.11 Å². The molecule has 1 atom stereocenters. The minimum absolute atomic E-state index is 0.0818. The van der Waals surface area contributed by atoms with Crippen molar-refractivity contribution < 1.29 is 9.84 Å². The number of hydrogen-bond donors (Lipinski definition) is 1. The van der Waals surface area contributed by atoms with Gasteiger partial charge in [-0.3, -0.25) is 4.68 Å². The lowest BCUT2D eigenvalue weighted by molar-refractivity contribution is 0.0990. The number of hydrogen-bond acceptors (Lipinski definition) is 3. The highest BCUT2D eigenvalue weighted by Gasteiger charge is 2.20. The number of benzene rings is 1. The first-order valence-corrected chi connectivity index (χ1v) is 7.04. The number of aromatic nitrogens is 2. The molecule has 0 aliphatic rings. The standard InChI is InChI=1S/C14H16Cl2N2O2/c1-9(2)18-14(12(16)7-17-18)13(19)8-20-11-5-3-4-10(15)6-11/h3-7,9,13,19H,8H2,1-2H3. The monoisotopic (exact) mass is 314 g/mol. The van der Waals surface area contributed by atoms with Gasteiger partial charge in [0.2, 0.25) is 0 Å². The van der Waals surface area contributed by atoms with E-state index in [4.69, 9.17) is 27.9 Å². The van der Waals surface area contributed by atoms with E-state index in [1.54, 1.807) is 28.9 Å². The van der Waals surface area contributed by atoms with Crippen molar-refractivity contribution in [1.29, 1.82) is 0 Å². The quantitative estimate of drug-likeness (QED) is 0.911. The van der Waals surface area contributed by atoms with Gasteiger partial charge in [0.1, 0.15) is 18.5 Å². The Morgan fingerprint density at radius 2 is 2.10 bits per heavy atom. The Kier molecular flexibility index (Phi) is 4.91. The van der Waals surface area contributed by atoms with Crippen molar-refractivity contribution in [1.82, 2.24) is 9.78 Å². The van der Waals surface area contributed by atoms with Gasteiger partial charge in [-0.15, -0.1) is 0 Å². The van der Waals surface area contributed by atoms with Crippen LogP contribution < -0.4 is 4.74 Å². The van der Waals surface area contributed by atoms with Gasteiger partial charge >= 0.3 is 0 Å². The van der Waals surface area contributed by atoms with Gasteiger partial charge in [-0.1, -0.05) is 29.3 Å². The Hall–Kier alpha value is -1.23. The zero-order valence-electron chi connectivity index (χ0n) is 11.3. The number of rotatable bonds is 5. The molecule has 6 heteroatoms. The molecule has 1 unspecified atom stereocenters. The Labute approximate surface area is 127 Å². The van der Waals surface area contributed by atoms with Crippen molar-refractivity contribution in [2.45, 2.75) is 26.0 Å². The van der Waals surface area contributed by atoms with Crippen molar-refractivity contribution in [2.24, 2.45) is 0 Å². The predicted octanol–water partition coefficient (Wildman–Crippen LogP) is 3.88. The molecule has 0 spiro atoms. The van der Waals surface area contributed by atoms with Crippen LogP contribution in [0, 0.1) is 0 Å². The van der Waals surface area contributed by atoms with Crippen molar-refractivity contribution in [3.63, 3.8) is 0 Å². The molecule has 0 saturated heterocycles. The highest BCUT2D eigenvalue weighted by Crippen LogP contribution is 2.26. The number of ether oxygens (including phenoxy) is 1. The second kappa shape index (κ2) is 6.48. The summed E-state index contributed by atoms with van der Waals surface area (Å²) in [7, 11) is 0. The van der Waals surface area contributed by atoms with E-state index in [0.717, 1.165) is 0 Å².